The van der Waals surface area contributed by atoms with Crippen LogP contribution in [0.15, 0.2) is 48.5 Å². The lowest BCUT2D eigenvalue weighted by atomic mass is 10.1. The van der Waals surface area contributed by atoms with Crippen LogP contribution < -0.4 is 9.47 Å². The first-order chi connectivity index (χ1) is 11.8. The van der Waals surface area contributed by atoms with Gasteiger partial charge in [-0.1, -0.05) is 24.3 Å². The number of hydrogen-bond donors (Lipinski definition) is 0. The van der Waals surface area contributed by atoms with Crippen molar-refractivity contribution >= 4 is 33.0 Å². The van der Waals surface area contributed by atoms with Crippen LogP contribution >= 0.6 is 23.2 Å². The molecule has 0 aromatic heterocycles. The maximum atomic E-state index is 12.4. The Hall–Kier alpha value is -1.43. The van der Waals surface area contributed by atoms with Gasteiger partial charge in [-0.05, 0) is 35.4 Å². The topological polar surface area (TPSA) is 52.6 Å². The van der Waals surface area contributed by atoms with Crippen LogP contribution in [0.2, 0.25) is 0 Å². The van der Waals surface area contributed by atoms with Crippen molar-refractivity contribution in [1.29, 1.82) is 0 Å². The molecular formula is C18H20Cl2O4S. The van der Waals surface area contributed by atoms with Crippen LogP contribution in [0.3, 0.4) is 0 Å². The maximum absolute atomic E-state index is 12.4. The van der Waals surface area contributed by atoms with Gasteiger partial charge in [-0.2, -0.15) is 0 Å². The van der Waals surface area contributed by atoms with Crippen molar-refractivity contribution in [3.8, 4) is 11.5 Å². The van der Waals surface area contributed by atoms with E-state index in [0.717, 1.165) is 11.1 Å². The summed E-state index contributed by atoms with van der Waals surface area (Å²) in [6.07, 6.45) is 0. The van der Waals surface area contributed by atoms with Gasteiger partial charge in [-0.3, -0.25) is 0 Å². The zero-order valence-electron chi connectivity index (χ0n) is 14.0. The van der Waals surface area contributed by atoms with Crippen molar-refractivity contribution in [2.75, 3.05) is 25.7 Å². The molecule has 7 heteroatoms. The van der Waals surface area contributed by atoms with Gasteiger partial charge in [0.15, 0.2) is 9.84 Å². The van der Waals surface area contributed by atoms with Gasteiger partial charge in [0.1, 0.15) is 11.5 Å². The van der Waals surface area contributed by atoms with Gasteiger partial charge in [0, 0.05) is 0 Å². The van der Waals surface area contributed by atoms with Gasteiger partial charge in [0.25, 0.3) is 0 Å². The number of rotatable bonds is 8. The van der Waals surface area contributed by atoms with E-state index in [-0.39, 0.29) is 11.5 Å². The van der Waals surface area contributed by atoms with E-state index in [1.165, 1.54) is 0 Å². The largest absolute Gasteiger partial charge is 0.497 e. The minimum atomic E-state index is -3.43. The third-order valence-electron chi connectivity index (χ3n) is 3.76. The average Bonchev–Trinajstić information content (AvgIpc) is 2.61. The first kappa shape index (κ1) is 19.9. The molecule has 0 heterocycles. The van der Waals surface area contributed by atoms with Crippen molar-refractivity contribution in [2.24, 2.45) is 0 Å². The monoisotopic (exact) mass is 402 g/mol. The fraction of sp³-hybridized carbons (Fsp3) is 0.333. The van der Waals surface area contributed by atoms with E-state index >= 15 is 0 Å². The average molecular weight is 403 g/mol. The second kappa shape index (κ2) is 8.79. The Kier molecular flexibility index (Phi) is 6.99. The summed E-state index contributed by atoms with van der Waals surface area (Å²) in [4.78, 5) is 0. The molecule has 0 aliphatic carbocycles. The van der Waals surface area contributed by atoms with Crippen LogP contribution in [0.4, 0.5) is 0 Å². The molecule has 2 atom stereocenters. The van der Waals surface area contributed by atoms with E-state index < -0.39 is 20.6 Å². The van der Waals surface area contributed by atoms with Crippen molar-refractivity contribution in [2.45, 2.75) is 10.8 Å². The van der Waals surface area contributed by atoms with Crippen LogP contribution in [-0.4, -0.2) is 34.1 Å². The van der Waals surface area contributed by atoms with Crippen molar-refractivity contribution < 1.29 is 17.9 Å². The number of methoxy groups -OCH3 is 2. The number of halogens is 2. The van der Waals surface area contributed by atoms with Crippen molar-refractivity contribution in [3.63, 3.8) is 0 Å². The van der Waals surface area contributed by atoms with E-state index in [4.69, 9.17) is 32.7 Å². The minimum absolute atomic E-state index is 0.180. The summed E-state index contributed by atoms with van der Waals surface area (Å²) in [5.41, 5.74) is 1.45. The molecule has 136 valence electrons. The summed E-state index contributed by atoms with van der Waals surface area (Å²) in [5, 5.41) is -1.29. The molecule has 0 fully saturated rings. The Balaban J connectivity index is 2.01. The lowest BCUT2D eigenvalue weighted by Crippen LogP contribution is -2.18. The summed E-state index contributed by atoms with van der Waals surface area (Å²) < 4.78 is 35.0. The van der Waals surface area contributed by atoms with Gasteiger partial charge >= 0.3 is 0 Å². The van der Waals surface area contributed by atoms with E-state index in [0.29, 0.717) is 11.5 Å². The maximum Gasteiger partial charge on any atom is 0.153 e. The lowest BCUT2D eigenvalue weighted by Gasteiger charge is -2.14. The van der Waals surface area contributed by atoms with Crippen molar-refractivity contribution in [1.82, 2.24) is 0 Å². The van der Waals surface area contributed by atoms with Gasteiger partial charge in [0.2, 0.25) is 0 Å². The molecule has 0 saturated heterocycles. The molecular weight excluding hydrogens is 383 g/mol. The van der Waals surface area contributed by atoms with E-state index in [1.54, 1.807) is 62.8 Å². The standard InChI is InChI=1S/C18H20Cl2O4S/c1-23-15-7-3-13(4-8-15)17(19)11-25(21,22)12-18(20)14-5-9-16(24-2)10-6-14/h3-10,17-18H,11-12H2,1-2H3. The van der Waals surface area contributed by atoms with E-state index in [1.807, 2.05) is 0 Å². The van der Waals surface area contributed by atoms with Crippen LogP contribution in [0, 0.1) is 0 Å². The fourth-order valence-corrected chi connectivity index (χ4v) is 5.19. The second-order valence-corrected chi connectivity index (χ2v) is 8.77. The van der Waals surface area contributed by atoms with E-state index in [9.17, 15) is 8.42 Å². The summed E-state index contributed by atoms with van der Waals surface area (Å²) in [7, 11) is -0.300. The molecule has 0 spiro atoms. The van der Waals surface area contributed by atoms with Crippen LogP contribution in [0.1, 0.15) is 21.9 Å². The molecule has 0 bridgehead atoms. The first-order valence-corrected chi connectivity index (χ1v) is 10.3. The summed E-state index contributed by atoms with van der Waals surface area (Å²) in [6.45, 7) is 0. The molecule has 0 aliphatic rings. The summed E-state index contributed by atoms with van der Waals surface area (Å²) in [5.74, 6) is 1.02. The zero-order chi connectivity index (χ0) is 18.4. The number of alkyl halides is 2. The molecule has 0 radical (unpaired) electrons. The molecule has 0 aliphatic heterocycles. The van der Waals surface area contributed by atoms with E-state index in [2.05, 4.69) is 0 Å². The Bertz CT molecular complexity index is 712. The number of ether oxygens (including phenoxy) is 2. The van der Waals surface area contributed by atoms with Crippen LogP contribution in [0.5, 0.6) is 11.5 Å². The SMILES string of the molecule is COc1ccc(C(Cl)CS(=O)(=O)CC(Cl)c2ccc(OC)cc2)cc1. The molecule has 0 N–H and O–H groups in total. The molecule has 2 rings (SSSR count). The predicted octanol–water partition coefficient (Wildman–Crippen LogP) is 4.38. The Morgan fingerprint density at radius 2 is 1.08 bits per heavy atom. The number of sulfone groups is 1. The molecule has 0 saturated carbocycles. The summed E-state index contributed by atoms with van der Waals surface area (Å²) in [6, 6.07) is 14.0. The number of benzene rings is 2. The van der Waals surface area contributed by atoms with Gasteiger partial charge in [-0.25, -0.2) is 8.42 Å². The predicted molar refractivity (Wildman–Crippen MR) is 102 cm³/mol. The van der Waals surface area contributed by atoms with Gasteiger partial charge < -0.3 is 9.47 Å². The fourth-order valence-electron chi connectivity index (χ4n) is 2.33. The van der Waals surface area contributed by atoms with Crippen LogP contribution in [0.25, 0.3) is 0 Å². The smallest absolute Gasteiger partial charge is 0.153 e. The highest BCUT2D eigenvalue weighted by atomic mass is 35.5. The Labute approximate surface area is 158 Å². The third-order valence-corrected chi connectivity index (χ3v) is 6.62. The highest BCUT2D eigenvalue weighted by Gasteiger charge is 2.23. The quantitative estimate of drug-likeness (QED) is 0.614. The molecule has 2 aromatic rings. The number of hydrogen-bond acceptors (Lipinski definition) is 4. The lowest BCUT2D eigenvalue weighted by molar-refractivity contribution is 0.414. The highest BCUT2D eigenvalue weighted by Crippen LogP contribution is 2.28. The summed E-state index contributed by atoms with van der Waals surface area (Å²) >= 11 is 12.6. The second-order valence-electron chi connectivity index (χ2n) is 5.56. The molecule has 0 amide bonds. The van der Waals surface area contributed by atoms with Crippen molar-refractivity contribution in [3.05, 3.63) is 59.7 Å². The van der Waals surface area contributed by atoms with Gasteiger partial charge in [-0.15, -0.1) is 23.2 Å². The normalized spacial score (nSPS) is 13.9. The molecule has 2 unspecified atom stereocenters. The molecule has 2 aromatic carbocycles. The van der Waals surface area contributed by atoms with Crippen LogP contribution in [-0.2, 0) is 9.84 Å². The molecule has 4 nitrogen and oxygen atoms in total. The van der Waals surface area contributed by atoms with Gasteiger partial charge in [0.05, 0.1) is 36.5 Å². The first-order valence-electron chi connectivity index (χ1n) is 7.61. The highest BCUT2D eigenvalue weighted by molar-refractivity contribution is 7.91. The molecule has 25 heavy (non-hydrogen) atoms. The minimum Gasteiger partial charge on any atom is -0.497 e. The Morgan fingerprint density at radius 1 is 0.760 bits per heavy atom. The Morgan fingerprint density at radius 3 is 1.36 bits per heavy atom. The zero-order valence-corrected chi connectivity index (χ0v) is 16.3. The third kappa shape index (κ3) is 5.80.